The standard InChI is InChI=1S/C19H28N2O3S/c22-19-9-6-14-21(19)17-10-12-18(13-11-17)25(23,24)20-15-16-7-4-2-1-3-5-8-16/h10-13,16,20H,1-9,14-15H2. The van der Waals surface area contributed by atoms with E-state index in [9.17, 15) is 13.2 Å². The van der Waals surface area contributed by atoms with Gasteiger partial charge in [-0.2, -0.15) is 0 Å². The minimum atomic E-state index is -3.49. The van der Waals surface area contributed by atoms with E-state index >= 15 is 0 Å². The van der Waals surface area contributed by atoms with Gasteiger partial charge in [-0.25, -0.2) is 13.1 Å². The molecular weight excluding hydrogens is 336 g/mol. The topological polar surface area (TPSA) is 66.5 Å². The van der Waals surface area contributed by atoms with Gasteiger partial charge in [0.25, 0.3) is 0 Å². The molecule has 6 heteroatoms. The Hall–Kier alpha value is -1.40. The van der Waals surface area contributed by atoms with Crippen LogP contribution in [0.25, 0.3) is 0 Å². The van der Waals surface area contributed by atoms with Gasteiger partial charge in [0.1, 0.15) is 0 Å². The zero-order chi connectivity index (χ0) is 17.7. The first-order valence-corrected chi connectivity index (χ1v) is 10.9. The van der Waals surface area contributed by atoms with Crippen molar-refractivity contribution in [2.45, 2.75) is 62.7 Å². The molecule has 0 bridgehead atoms. The molecule has 2 fully saturated rings. The number of sulfonamides is 1. The summed E-state index contributed by atoms with van der Waals surface area (Å²) in [6.07, 6.45) is 9.89. The zero-order valence-electron chi connectivity index (χ0n) is 14.7. The molecule has 1 heterocycles. The van der Waals surface area contributed by atoms with Gasteiger partial charge in [-0.1, -0.05) is 32.1 Å². The number of carbonyl (C=O) groups is 1. The number of amides is 1. The fraction of sp³-hybridized carbons (Fsp3) is 0.632. The highest BCUT2D eigenvalue weighted by Gasteiger charge is 2.23. The summed E-state index contributed by atoms with van der Waals surface area (Å²) in [5, 5.41) is 0. The van der Waals surface area contributed by atoms with E-state index in [2.05, 4.69) is 4.72 Å². The van der Waals surface area contributed by atoms with Gasteiger partial charge in [-0.3, -0.25) is 4.79 Å². The van der Waals surface area contributed by atoms with E-state index in [1.165, 1.54) is 32.1 Å². The minimum Gasteiger partial charge on any atom is -0.312 e. The summed E-state index contributed by atoms with van der Waals surface area (Å²) in [5.41, 5.74) is 0.779. The van der Waals surface area contributed by atoms with Gasteiger partial charge < -0.3 is 4.90 Å². The first-order valence-electron chi connectivity index (χ1n) is 9.46. The summed E-state index contributed by atoms with van der Waals surface area (Å²) in [7, 11) is -3.49. The highest BCUT2D eigenvalue weighted by Crippen LogP contribution is 2.24. The van der Waals surface area contributed by atoms with Crippen LogP contribution in [0.3, 0.4) is 0 Å². The number of benzene rings is 1. The van der Waals surface area contributed by atoms with E-state index in [0.29, 0.717) is 25.4 Å². The van der Waals surface area contributed by atoms with Gasteiger partial charge in [-0.05, 0) is 49.4 Å². The van der Waals surface area contributed by atoms with Crippen LogP contribution >= 0.6 is 0 Å². The maximum atomic E-state index is 12.5. The van der Waals surface area contributed by atoms with Crippen molar-refractivity contribution < 1.29 is 13.2 Å². The Balaban J connectivity index is 1.60. The molecule has 1 saturated carbocycles. The van der Waals surface area contributed by atoms with Crippen molar-refractivity contribution in [2.75, 3.05) is 18.0 Å². The van der Waals surface area contributed by atoms with Crippen LogP contribution in [0.4, 0.5) is 5.69 Å². The molecule has 2 aliphatic rings. The normalized spacial score (nSPS) is 20.5. The number of rotatable bonds is 5. The van der Waals surface area contributed by atoms with Crippen LogP contribution in [-0.4, -0.2) is 27.4 Å². The summed E-state index contributed by atoms with van der Waals surface area (Å²) in [6.45, 7) is 1.24. The second-order valence-corrected chi connectivity index (χ2v) is 8.97. The predicted octanol–water partition coefficient (Wildman–Crippen LogP) is 3.45. The first kappa shape index (κ1) is 18.4. The van der Waals surface area contributed by atoms with Gasteiger partial charge in [-0.15, -0.1) is 0 Å². The van der Waals surface area contributed by atoms with E-state index in [1.54, 1.807) is 29.2 Å². The van der Waals surface area contributed by atoms with Crippen LogP contribution in [0.15, 0.2) is 29.2 Å². The summed E-state index contributed by atoms with van der Waals surface area (Å²) in [6, 6.07) is 6.66. The van der Waals surface area contributed by atoms with E-state index in [4.69, 9.17) is 0 Å². The van der Waals surface area contributed by atoms with Crippen molar-refractivity contribution in [3.05, 3.63) is 24.3 Å². The number of nitrogens with one attached hydrogen (secondary N) is 1. The number of anilines is 1. The van der Waals surface area contributed by atoms with Crippen molar-refractivity contribution in [2.24, 2.45) is 5.92 Å². The summed E-state index contributed by atoms with van der Waals surface area (Å²) in [5.74, 6) is 0.551. The van der Waals surface area contributed by atoms with Crippen molar-refractivity contribution in [1.82, 2.24) is 4.72 Å². The molecule has 0 radical (unpaired) electrons. The minimum absolute atomic E-state index is 0.109. The quantitative estimate of drug-likeness (QED) is 0.870. The molecule has 0 spiro atoms. The monoisotopic (exact) mass is 364 g/mol. The molecule has 1 aromatic carbocycles. The van der Waals surface area contributed by atoms with Crippen molar-refractivity contribution in [3.8, 4) is 0 Å². The molecule has 1 saturated heterocycles. The van der Waals surface area contributed by atoms with Crippen molar-refractivity contribution >= 4 is 21.6 Å². The second kappa shape index (κ2) is 8.32. The molecule has 0 atom stereocenters. The molecular formula is C19H28N2O3S. The third kappa shape index (κ3) is 4.82. The average Bonchev–Trinajstić information content (AvgIpc) is 3.00. The Bertz CT molecular complexity index is 677. The molecule has 1 aliphatic carbocycles. The van der Waals surface area contributed by atoms with Gasteiger partial charge in [0.05, 0.1) is 4.90 Å². The summed E-state index contributed by atoms with van der Waals surface area (Å²) < 4.78 is 27.9. The first-order chi connectivity index (χ1) is 12.1. The van der Waals surface area contributed by atoms with Crippen LogP contribution in [0.1, 0.15) is 57.8 Å². The van der Waals surface area contributed by atoms with E-state index in [-0.39, 0.29) is 10.8 Å². The molecule has 0 unspecified atom stereocenters. The molecule has 3 rings (SSSR count). The second-order valence-electron chi connectivity index (χ2n) is 7.21. The smallest absolute Gasteiger partial charge is 0.240 e. The van der Waals surface area contributed by atoms with Crippen LogP contribution in [0.2, 0.25) is 0 Å². The van der Waals surface area contributed by atoms with Gasteiger partial charge in [0, 0.05) is 25.2 Å². The number of nitrogens with zero attached hydrogens (tertiary/aromatic N) is 1. The summed E-state index contributed by atoms with van der Waals surface area (Å²) >= 11 is 0. The van der Waals surface area contributed by atoms with Gasteiger partial charge >= 0.3 is 0 Å². The average molecular weight is 365 g/mol. The molecule has 1 N–H and O–H groups in total. The fourth-order valence-electron chi connectivity index (χ4n) is 3.78. The number of carbonyl (C=O) groups excluding carboxylic acids is 1. The molecule has 0 aromatic heterocycles. The molecule has 138 valence electrons. The van der Waals surface area contributed by atoms with Crippen molar-refractivity contribution in [3.63, 3.8) is 0 Å². The largest absolute Gasteiger partial charge is 0.312 e. The zero-order valence-corrected chi connectivity index (χ0v) is 15.6. The third-order valence-electron chi connectivity index (χ3n) is 5.32. The molecule has 25 heavy (non-hydrogen) atoms. The maximum absolute atomic E-state index is 12.5. The lowest BCUT2D eigenvalue weighted by atomic mass is 9.91. The van der Waals surface area contributed by atoms with Gasteiger partial charge in [0.15, 0.2) is 0 Å². The van der Waals surface area contributed by atoms with Crippen LogP contribution in [0, 0.1) is 5.92 Å². The Morgan fingerprint density at radius 1 is 0.960 bits per heavy atom. The Labute approximate surface area is 150 Å². The SMILES string of the molecule is O=C1CCCN1c1ccc(S(=O)(=O)NCC2CCCCCCC2)cc1. The van der Waals surface area contributed by atoms with E-state index in [1.807, 2.05) is 0 Å². The number of hydrogen-bond donors (Lipinski definition) is 1. The van der Waals surface area contributed by atoms with Crippen LogP contribution in [0.5, 0.6) is 0 Å². The summed E-state index contributed by atoms with van der Waals surface area (Å²) in [4.78, 5) is 13.8. The Kier molecular flexibility index (Phi) is 6.12. The highest BCUT2D eigenvalue weighted by atomic mass is 32.2. The maximum Gasteiger partial charge on any atom is 0.240 e. The Morgan fingerprint density at radius 3 is 2.20 bits per heavy atom. The number of hydrogen-bond acceptors (Lipinski definition) is 3. The molecule has 5 nitrogen and oxygen atoms in total. The van der Waals surface area contributed by atoms with E-state index in [0.717, 1.165) is 24.9 Å². The highest BCUT2D eigenvalue weighted by molar-refractivity contribution is 7.89. The van der Waals surface area contributed by atoms with Crippen molar-refractivity contribution in [1.29, 1.82) is 0 Å². The molecule has 1 aromatic rings. The third-order valence-corrected chi connectivity index (χ3v) is 6.76. The lowest BCUT2D eigenvalue weighted by Gasteiger charge is -2.20. The fourth-order valence-corrected chi connectivity index (χ4v) is 4.90. The lowest BCUT2D eigenvalue weighted by molar-refractivity contribution is -0.117. The molecule has 1 amide bonds. The lowest BCUT2D eigenvalue weighted by Crippen LogP contribution is -2.30. The van der Waals surface area contributed by atoms with E-state index < -0.39 is 10.0 Å². The predicted molar refractivity (Wildman–Crippen MR) is 99.0 cm³/mol. The molecule has 1 aliphatic heterocycles. The van der Waals surface area contributed by atoms with Gasteiger partial charge in [0.2, 0.25) is 15.9 Å². The van der Waals surface area contributed by atoms with Crippen LogP contribution < -0.4 is 9.62 Å². The Morgan fingerprint density at radius 2 is 1.60 bits per heavy atom. The van der Waals surface area contributed by atoms with Crippen LogP contribution in [-0.2, 0) is 14.8 Å².